The number of aryl methyl sites for hydroxylation is 1. The number of aromatic nitrogens is 1. The van der Waals surface area contributed by atoms with E-state index in [0.29, 0.717) is 5.76 Å². The summed E-state index contributed by atoms with van der Waals surface area (Å²) in [7, 11) is 0. The quantitative estimate of drug-likeness (QED) is 0.528. The summed E-state index contributed by atoms with van der Waals surface area (Å²) in [6.45, 7) is 1.90. The molecule has 0 saturated heterocycles. The number of carbonyl (C=O) groups is 1. The van der Waals surface area contributed by atoms with Crippen LogP contribution in [0.5, 0.6) is 0 Å². The van der Waals surface area contributed by atoms with Gasteiger partial charge in [0.15, 0.2) is 12.4 Å². The predicted octanol–water partition coefficient (Wildman–Crippen LogP) is 4.17. The molecule has 0 N–H and O–H groups in total. The van der Waals surface area contributed by atoms with Gasteiger partial charge in [-0.2, -0.15) is 0 Å². The highest BCUT2D eigenvalue weighted by molar-refractivity contribution is 6.08. The average molecular weight is 321 g/mol. The topological polar surface area (TPSA) is 65.5 Å². The zero-order valence-electron chi connectivity index (χ0n) is 13.1. The van der Waals surface area contributed by atoms with Crippen molar-refractivity contribution in [3.63, 3.8) is 0 Å². The highest BCUT2D eigenvalue weighted by atomic mass is 16.5. The normalized spacial score (nSPS) is 11.2. The van der Waals surface area contributed by atoms with E-state index in [-0.39, 0.29) is 19.0 Å². The van der Waals surface area contributed by atoms with Crippen molar-refractivity contribution >= 4 is 27.7 Å². The summed E-state index contributed by atoms with van der Waals surface area (Å²) in [6.07, 6.45) is 1.77. The number of rotatable bonds is 4. The maximum absolute atomic E-state index is 12.1. The zero-order valence-corrected chi connectivity index (χ0v) is 13.1. The molecule has 5 nitrogen and oxygen atoms in total. The molecule has 2 aromatic carbocycles. The summed E-state index contributed by atoms with van der Waals surface area (Å²) in [5.74, 6) is 0.197. The molecule has 0 atom stereocenters. The Morgan fingerprint density at radius 3 is 2.92 bits per heavy atom. The zero-order chi connectivity index (χ0) is 16.5. The van der Waals surface area contributed by atoms with Crippen LogP contribution in [-0.2, 0) is 22.6 Å². The number of hydrogen-bond acceptors (Lipinski definition) is 5. The van der Waals surface area contributed by atoms with E-state index in [1.54, 1.807) is 12.3 Å². The summed E-state index contributed by atoms with van der Waals surface area (Å²) in [4.78, 5) is 12.1. The molecule has 120 valence electrons. The fourth-order valence-corrected chi connectivity index (χ4v) is 2.85. The molecule has 5 heteroatoms. The van der Waals surface area contributed by atoms with Crippen LogP contribution in [0, 0.1) is 6.92 Å². The molecule has 0 aliphatic carbocycles. The van der Waals surface area contributed by atoms with Crippen molar-refractivity contribution in [2.45, 2.75) is 20.0 Å². The first kappa shape index (κ1) is 14.5. The molecule has 4 aromatic rings. The minimum absolute atomic E-state index is 0.0796. The van der Waals surface area contributed by atoms with Crippen molar-refractivity contribution in [3.05, 3.63) is 65.7 Å². The van der Waals surface area contributed by atoms with Gasteiger partial charge >= 0.3 is 5.97 Å². The predicted molar refractivity (Wildman–Crippen MR) is 88.5 cm³/mol. The monoisotopic (exact) mass is 321 g/mol. The van der Waals surface area contributed by atoms with Gasteiger partial charge in [0.25, 0.3) is 0 Å². The van der Waals surface area contributed by atoms with Gasteiger partial charge in [-0.05, 0) is 23.8 Å². The lowest BCUT2D eigenvalue weighted by Crippen LogP contribution is -2.07. The summed E-state index contributed by atoms with van der Waals surface area (Å²) >= 11 is 0. The molecule has 0 spiro atoms. The number of fused-ring (bicyclic) bond motifs is 3. The second kappa shape index (κ2) is 5.85. The largest absolute Gasteiger partial charge is 0.464 e. The summed E-state index contributed by atoms with van der Waals surface area (Å²) in [6, 6.07) is 13.7. The second-order valence-corrected chi connectivity index (χ2v) is 5.69. The van der Waals surface area contributed by atoms with Crippen LogP contribution in [0.2, 0.25) is 0 Å². The Hall–Kier alpha value is -3.08. The van der Waals surface area contributed by atoms with E-state index in [1.807, 2.05) is 43.3 Å². The molecule has 0 bridgehead atoms. The molecule has 0 aliphatic rings. The van der Waals surface area contributed by atoms with Crippen LogP contribution in [0.3, 0.4) is 0 Å². The SMILES string of the molecule is Cc1cc(COC(=O)Cc2coc3ccc4ccccc4c23)on1. The van der Waals surface area contributed by atoms with Crippen LogP contribution in [0.25, 0.3) is 21.7 Å². The Bertz CT molecular complexity index is 1030. The lowest BCUT2D eigenvalue weighted by atomic mass is 10.0. The van der Waals surface area contributed by atoms with E-state index in [2.05, 4.69) is 5.16 Å². The molecule has 2 heterocycles. The number of nitrogens with zero attached hydrogens (tertiary/aromatic N) is 1. The minimum atomic E-state index is -0.334. The van der Waals surface area contributed by atoms with E-state index in [1.165, 1.54) is 0 Å². The van der Waals surface area contributed by atoms with E-state index in [4.69, 9.17) is 13.7 Å². The van der Waals surface area contributed by atoms with Crippen molar-refractivity contribution in [2.24, 2.45) is 0 Å². The highest BCUT2D eigenvalue weighted by Gasteiger charge is 2.14. The number of esters is 1. The van der Waals surface area contributed by atoms with E-state index in [9.17, 15) is 4.79 Å². The number of ether oxygens (including phenoxy) is 1. The van der Waals surface area contributed by atoms with Crippen LogP contribution >= 0.6 is 0 Å². The Labute approximate surface area is 137 Å². The molecule has 0 saturated carbocycles. The van der Waals surface area contributed by atoms with Gasteiger partial charge in [0.2, 0.25) is 0 Å². The molecule has 0 aliphatic heterocycles. The average Bonchev–Trinajstić information content (AvgIpc) is 3.19. The highest BCUT2D eigenvalue weighted by Crippen LogP contribution is 2.30. The van der Waals surface area contributed by atoms with E-state index in [0.717, 1.165) is 33.0 Å². The number of benzene rings is 2. The van der Waals surface area contributed by atoms with Gasteiger partial charge in [-0.1, -0.05) is 35.5 Å². The molecular formula is C19H15NO4. The first-order valence-electron chi connectivity index (χ1n) is 7.66. The molecule has 0 unspecified atom stereocenters. The van der Waals surface area contributed by atoms with Gasteiger partial charge in [-0.3, -0.25) is 4.79 Å². The van der Waals surface area contributed by atoms with Gasteiger partial charge in [0.05, 0.1) is 18.4 Å². The van der Waals surface area contributed by atoms with Crippen molar-refractivity contribution < 1.29 is 18.5 Å². The molecule has 0 fully saturated rings. The third-order valence-corrected chi connectivity index (χ3v) is 3.93. The van der Waals surface area contributed by atoms with Crippen LogP contribution in [0.4, 0.5) is 0 Å². The maximum Gasteiger partial charge on any atom is 0.310 e. The molecule has 4 rings (SSSR count). The van der Waals surface area contributed by atoms with Gasteiger partial charge < -0.3 is 13.7 Å². The van der Waals surface area contributed by atoms with Crippen molar-refractivity contribution in [1.29, 1.82) is 0 Å². The Kier molecular flexibility index (Phi) is 3.54. The molecule has 0 amide bonds. The standard InChI is InChI=1S/C19H15NO4/c1-12-8-15(24-20-12)11-23-18(21)9-14-10-22-17-7-6-13-4-2-3-5-16(13)19(14)17/h2-8,10H,9,11H2,1H3. The Morgan fingerprint density at radius 2 is 2.08 bits per heavy atom. The third-order valence-electron chi connectivity index (χ3n) is 3.93. The summed E-state index contributed by atoms with van der Waals surface area (Å²) < 4.78 is 15.9. The van der Waals surface area contributed by atoms with Crippen molar-refractivity contribution in [3.8, 4) is 0 Å². The van der Waals surface area contributed by atoms with Gasteiger partial charge in [0.1, 0.15) is 5.58 Å². The number of hydrogen-bond donors (Lipinski definition) is 0. The van der Waals surface area contributed by atoms with Gasteiger partial charge in [0, 0.05) is 17.0 Å². The van der Waals surface area contributed by atoms with Crippen molar-refractivity contribution in [1.82, 2.24) is 5.16 Å². The van der Waals surface area contributed by atoms with Crippen LogP contribution in [0.15, 0.2) is 57.7 Å². The number of carbonyl (C=O) groups excluding carboxylic acids is 1. The maximum atomic E-state index is 12.1. The minimum Gasteiger partial charge on any atom is -0.464 e. The van der Waals surface area contributed by atoms with Crippen LogP contribution in [0.1, 0.15) is 17.0 Å². The first-order chi connectivity index (χ1) is 11.7. The third kappa shape index (κ3) is 2.65. The van der Waals surface area contributed by atoms with Gasteiger partial charge in [-0.15, -0.1) is 0 Å². The van der Waals surface area contributed by atoms with Crippen LogP contribution < -0.4 is 0 Å². The molecule has 24 heavy (non-hydrogen) atoms. The summed E-state index contributed by atoms with van der Waals surface area (Å²) in [5, 5.41) is 6.90. The first-order valence-corrected chi connectivity index (χ1v) is 7.66. The summed E-state index contributed by atoms with van der Waals surface area (Å²) in [5.41, 5.74) is 2.34. The Balaban J connectivity index is 1.58. The molecular weight excluding hydrogens is 306 g/mol. The van der Waals surface area contributed by atoms with Crippen molar-refractivity contribution in [2.75, 3.05) is 0 Å². The van der Waals surface area contributed by atoms with Crippen LogP contribution in [-0.4, -0.2) is 11.1 Å². The second-order valence-electron chi connectivity index (χ2n) is 5.69. The van der Waals surface area contributed by atoms with E-state index < -0.39 is 0 Å². The fraction of sp³-hybridized carbons (Fsp3) is 0.158. The molecule has 0 radical (unpaired) electrons. The smallest absolute Gasteiger partial charge is 0.310 e. The lowest BCUT2D eigenvalue weighted by molar-refractivity contribution is -0.144. The van der Waals surface area contributed by atoms with Gasteiger partial charge in [-0.25, -0.2) is 0 Å². The fourth-order valence-electron chi connectivity index (χ4n) is 2.85. The Morgan fingerprint density at radius 1 is 1.21 bits per heavy atom. The van der Waals surface area contributed by atoms with E-state index >= 15 is 0 Å². The molecule has 2 aromatic heterocycles. The number of furan rings is 1. The lowest BCUT2D eigenvalue weighted by Gasteiger charge is -2.03.